The van der Waals surface area contributed by atoms with Crippen molar-refractivity contribution in [1.29, 1.82) is 0 Å². The van der Waals surface area contributed by atoms with E-state index in [9.17, 15) is 0 Å². The summed E-state index contributed by atoms with van der Waals surface area (Å²) in [6.45, 7) is 0.205. The number of anilines is 6. The Kier molecular flexibility index (Phi) is 5.78. The second kappa shape index (κ2) is 11.1. The average molecular weight is 759 g/mol. The first-order valence-corrected chi connectivity index (χ1v) is 21.0. The second-order valence-corrected chi connectivity index (χ2v) is 16.8. The van der Waals surface area contributed by atoms with E-state index >= 15 is 0 Å². The third-order valence-electron chi connectivity index (χ3n) is 14.1. The topological polar surface area (TPSA) is 16.3 Å². The van der Waals surface area contributed by atoms with E-state index in [-0.39, 0.29) is 13.4 Å². The molecule has 274 valence electrons. The van der Waals surface area contributed by atoms with Crippen LogP contribution in [-0.4, -0.2) is 22.6 Å². The monoisotopic (exact) mass is 758 g/mol. The van der Waals surface area contributed by atoms with E-state index in [0.717, 1.165) is 0 Å². The molecule has 9 aromatic carbocycles. The zero-order valence-corrected chi connectivity index (χ0v) is 32.4. The Balaban J connectivity index is 1.13. The van der Waals surface area contributed by atoms with Gasteiger partial charge in [0.1, 0.15) is 0 Å². The molecular weight excluding hydrogens is 726 g/mol. The molecule has 0 unspecified atom stereocenters. The number of fused-ring (bicyclic) bond motifs is 17. The number of hydrogen-bond acceptors (Lipinski definition) is 2. The number of hydrogen-bond donors (Lipinski definition) is 0. The minimum atomic E-state index is 0.102. The standard InChI is InChI=1S/C54H32B2N4/c1-3-15-33(16-4-1)57-43-23-11-7-19-39(43)55-41-21-9-13-25-45(41)59-51-35(29-31-47(57)49(51)55)37-27-28-38-36-30-32-48-50-52(36)60(54(38)53(37)59)46-26-14-10-22-42(46)56(50)40-20-8-12-24-44(40)58(48)34-17-5-2-6-18-34/h1-32H. The summed E-state index contributed by atoms with van der Waals surface area (Å²) in [5, 5.41) is 5.15. The molecule has 0 spiro atoms. The van der Waals surface area contributed by atoms with Gasteiger partial charge in [-0.2, -0.15) is 0 Å². The van der Waals surface area contributed by atoms with E-state index in [1.165, 1.54) is 122 Å². The molecule has 6 heteroatoms. The SMILES string of the molecule is c1ccc(N2c3ccccc3B3c4ccccc4-n4c5c3c2ccc5c2ccc3c5ccc6c7c5n(c3c24)-c2ccccc2B7c2ccccc2N6c2ccccc2)cc1. The molecule has 0 bridgehead atoms. The van der Waals surface area contributed by atoms with Gasteiger partial charge in [0, 0.05) is 67.0 Å². The lowest BCUT2D eigenvalue weighted by atomic mass is 9.34. The number of rotatable bonds is 2. The van der Waals surface area contributed by atoms with Crippen molar-refractivity contribution >= 4 is 124 Å². The first kappa shape index (κ1) is 31.3. The maximum atomic E-state index is 2.64. The predicted molar refractivity (Wildman–Crippen MR) is 254 cm³/mol. The van der Waals surface area contributed by atoms with Crippen molar-refractivity contribution in [2.24, 2.45) is 0 Å². The van der Waals surface area contributed by atoms with Crippen LogP contribution >= 0.6 is 0 Å². The van der Waals surface area contributed by atoms with E-state index in [0.29, 0.717) is 0 Å². The summed E-state index contributed by atoms with van der Waals surface area (Å²) in [5.74, 6) is 0. The Hall–Kier alpha value is -7.69. The van der Waals surface area contributed by atoms with Crippen LogP contribution in [0, 0.1) is 0 Å². The van der Waals surface area contributed by atoms with Gasteiger partial charge in [-0.05, 0) is 93.4 Å². The lowest BCUT2D eigenvalue weighted by molar-refractivity contribution is 1.15. The fourth-order valence-corrected chi connectivity index (χ4v) is 11.9. The van der Waals surface area contributed by atoms with Crippen molar-refractivity contribution in [2.45, 2.75) is 0 Å². The molecule has 2 aromatic heterocycles. The Morgan fingerprint density at radius 1 is 0.250 bits per heavy atom. The quantitative estimate of drug-likeness (QED) is 0.164. The van der Waals surface area contributed by atoms with E-state index < -0.39 is 0 Å². The third kappa shape index (κ3) is 3.64. The van der Waals surface area contributed by atoms with E-state index in [1.807, 2.05) is 0 Å². The lowest BCUT2D eigenvalue weighted by Gasteiger charge is -2.40. The van der Waals surface area contributed by atoms with Crippen LogP contribution in [0.3, 0.4) is 0 Å². The van der Waals surface area contributed by atoms with Crippen LogP contribution in [0.15, 0.2) is 194 Å². The van der Waals surface area contributed by atoms with Gasteiger partial charge in [0.05, 0.1) is 22.1 Å². The summed E-state index contributed by atoms with van der Waals surface area (Å²) < 4.78 is 5.29. The smallest absolute Gasteiger partial charge is 0.252 e. The minimum Gasteiger partial charge on any atom is -0.311 e. The highest BCUT2D eigenvalue weighted by molar-refractivity contribution is 7.01. The van der Waals surface area contributed by atoms with Crippen molar-refractivity contribution in [3.05, 3.63) is 194 Å². The van der Waals surface area contributed by atoms with Gasteiger partial charge in [0.2, 0.25) is 0 Å². The fourth-order valence-electron chi connectivity index (χ4n) is 11.9. The fraction of sp³-hybridized carbons (Fsp3) is 0. The van der Waals surface area contributed by atoms with Gasteiger partial charge >= 0.3 is 0 Å². The lowest BCUT2D eigenvalue weighted by Crippen LogP contribution is -2.60. The van der Waals surface area contributed by atoms with Crippen molar-refractivity contribution in [2.75, 3.05) is 9.80 Å². The number of para-hydroxylation sites is 6. The Bertz CT molecular complexity index is 3460. The summed E-state index contributed by atoms with van der Waals surface area (Å²) in [5.41, 5.74) is 23.1. The van der Waals surface area contributed by atoms with Gasteiger partial charge in [-0.15, -0.1) is 0 Å². The summed E-state index contributed by atoms with van der Waals surface area (Å²) in [4.78, 5) is 4.97. The van der Waals surface area contributed by atoms with Gasteiger partial charge in [0.25, 0.3) is 13.4 Å². The largest absolute Gasteiger partial charge is 0.311 e. The predicted octanol–water partition coefficient (Wildman–Crippen LogP) is 9.11. The summed E-state index contributed by atoms with van der Waals surface area (Å²) in [7, 11) is 0. The molecule has 0 amide bonds. The molecule has 6 heterocycles. The van der Waals surface area contributed by atoms with E-state index in [1.54, 1.807) is 0 Å². The minimum absolute atomic E-state index is 0.102. The van der Waals surface area contributed by atoms with Crippen LogP contribution < -0.4 is 42.6 Å². The molecule has 0 saturated heterocycles. The number of benzene rings is 9. The van der Waals surface area contributed by atoms with Crippen LogP contribution in [0.5, 0.6) is 0 Å². The molecule has 4 aliphatic rings. The van der Waals surface area contributed by atoms with E-state index in [4.69, 9.17) is 0 Å². The maximum absolute atomic E-state index is 2.64. The van der Waals surface area contributed by atoms with Crippen molar-refractivity contribution in [1.82, 2.24) is 9.13 Å². The molecule has 0 radical (unpaired) electrons. The highest BCUT2D eigenvalue weighted by atomic mass is 15.2. The molecule has 60 heavy (non-hydrogen) atoms. The Morgan fingerprint density at radius 2 is 0.567 bits per heavy atom. The molecule has 0 aliphatic carbocycles. The zero-order valence-electron chi connectivity index (χ0n) is 32.4. The van der Waals surface area contributed by atoms with Gasteiger partial charge in [0.15, 0.2) is 0 Å². The molecule has 0 N–H and O–H groups in total. The molecule has 15 rings (SSSR count). The van der Waals surface area contributed by atoms with Gasteiger partial charge in [-0.1, -0.05) is 133 Å². The summed E-state index contributed by atoms with van der Waals surface area (Å²) in [6.07, 6.45) is 0. The van der Waals surface area contributed by atoms with Crippen molar-refractivity contribution in [3.8, 4) is 11.4 Å². The number of nitrogens with zero attached hydrogens (tertiary/aromatic N) is 4. The van der Waals surface area contributed by atoms with Gasteiger partial charge < -0.3 is 18.9 Å². The first-order valence-electron chi connectivity index (χ1n) is 21.0. The summed E-state index contributed by atoms with van der Waals surface area (Å²) >= 11 is 0. The molecule has 4 nitrogen and oxygen atoms in total. The van der Waals surface area contributed by atoms with Crippen LogP contribution in [0.2, 0.25) is 0 Å². The van der Waals surface area contributed by atoms with Crippen LogP contribution in [-0.2, 0) is 0 Å². The molecule has 4 aliphatic heterocycles. The molecule has 0 fully saturated rings. The van der Waals surface area contributed by atoms with Gasteiger partial charge in [-0.25, -0.2) is 0 Å². The third-order valence-corrected chi connectivity index (χ3v) is 14.1. The molecule has 0 atom stereocenters. The van der Waals surface area contributed by atoms with Crippen LogP contribution in [0.25, 0.3) is 55.0 Å². The van der Waals surface area contributed by atoms with Gasteiger partial charge in [-0.3, -0.25) is 0 Å². The maximum Gasteiger partial charge on any atom is 0.252 e. The zero-order chi connectivity index (χ0) is 38.8. The highest BCUT2D eigenvalue weighted by Crippen LogP contribution is 2.47. The molecule has 0 saturated carbocycles. The number of aromatic nitrogens is 2. The van der Waals surface area contributed by atoms with Crippen molar-refractivity contribution < 1.29 is 0 Å². The highest BCUT2D eigenvalue weighted by Gasteiger charge is 2.44. The Labute approximate surface area is 346 Å². The van der Waals surface area contributed by atoms with E-state index in [2.05, 4.69) is 213 Å². The normalized spacial score (nSPS) is 13.9. The van der Waals surface area contributed by atoms with Crippen LogP contribution in [0.4, 0.5) is 34.1 Å². The Morgan fingerprint density at radius 3 is 0.983 bits per heavy atom. The molecular formula is C54H32B2N4. The van der Waals surface area contributed by atoms with Crippen molar-refractivity contribution in [3.63, 3.8) is 0 Å². The van der Waals surface area contributed by atoms with Crippen LogP contribution in [0.1, 0.15) is 0 Å². The second-order valence-electron chi connectivity index (χ2n) is 16.8. The first-order chi connectivity index (χ1) is 29.8. The molecule has 11 aromatic rings. The summed E-state index contributed by atoms with van der Waals surface area (Å²) in [6, 6.07) is 72.6. The average Bonchev–Trinajstić information content (AvgIpc) is 3.84.